The molecule has 21 heavy (non-hydrogen) atoms. The van der Waals surface area contributed by atoms with Gasteiger partial charge in [0.1, 0.15) is 18.0 Å². The minimum absolute atomic E-state index is 0.555. The molecule has 110 valence electrons. The van der Waals surface area contributed by atoms with Crippen molar-refractivity contribution in [2.75, 3.05) is 30.4 Å². The van der Waals surface area contributed by atoms with Gasteiger partial charge in [-0.15, -0.1) is 0 Å². The van der Waals surface area contributed by atoms with Crippen LogP contribution in [0.1, 0.15) is 5.56 Å². The molecule has 2 aromatic rings. The first-order chi connectivity index (χ1) is 10.3. The van der Waals surface area contributed by atoms with Crippen LogP contribution in [0.3, 0.4) is 0 Å². The average molecular weight is 304 g/mol. The first-order valence-corrected chi connectivity index (χ1v) is 7.35. The minimum atomic E-state index is 0.555. The van der Waals surface area contributed by atoms with E-state index in [0.29, 0.717) is 12.6 Å². The summed E-state index contributed by atoms with van der Waals surface area (Å²) in [5.41, 5.74) is 1.05. The summed E-state index contributed by atoms with van der Waals surface area (Å²) in [5, 5.41) is 7.31. The Balaban J connectivity index is 1.63. The first-order valence-electron chi connectivity index (χ1n) is 6.98. The van der Waals surface area contributed by atoms with Crippen LogP contribution in [0.4, 0.5) is 11.6 Å². The summed E-state index contributed by atoms with van der Waals surface area (Å²) in [6.45, 7) is 2.62. The highest BCUT2D eigenvalue weighted by molar-refractivity contribution is 6.31. The number of nitrogens with zero attached hydrogens (tertiary/aromatic N) is 3. The third-order valence-corrected chi connectivity index (χ3v) is 4.05. The van der Waals surface area contributed by atoms with Gasteiger partial charge in [0.05, 0.1) is 0 Å². The molecule has 0 saturated carbocycles. The number of rotatable bonds is 5. The highest BCUT2D eigenvalue weighted by atomic mass is 35.5. The van der Waals surface area contributed by atoms with E-state index in [1.165, 1.54) is 0 Å². The molecule has 1 fully saturated rings. The number of likely N-dealkylation sites (N-methyl/N-ethyl adjacent to an activating group) is 1. The second-order valence-corrected chi connectivity index (χ2v) is 5.50. The maximum absolute atomic E-state index is 6.15. The lowest BCUT2D eigenvalue weighted by Crippen LogP contribution is -2.57. The fourth-order valence-electron chi connectivity index (χ4n) is 2.29. The molecule has 0 radical (unpaired) electrons. The van der Waals surface area contributed by atoms with Crippen molar-refractivity contribution in [1.29, 1.82) is 0 Å². The largest absolute Gasteiger partial charge is 0.366 e. The van der Waals surface area contributed by atoms with Gasteiger partial charge in [0.25, 0.3) is 0 Å². The molecule has 0 atom stereocenters. The van der Waals surface area contributed by atoms with Gasteiger partial charge in [0.15, 0.2) is 0 Å². The van der Waals surface area contributed by atoms with Crippen LogP contribution in [0.15, 0.2) is 36.7 Å². The Bertz CT molecular complexity index is 613. The van der Waals surface area contributed by atoms with Crippen LogP contribution in [0, 0.1) is 0 Å². The maximum Gasteiger partial charge on any atom is 0.134 e. The molecule has 0 bridgehead atoms. The molecule has 2 heterocycles. The van der Waals surface area contributed by atoms with E-state index in [1.807, 2.05) is 37.4 Å². The van der Waals surface area contributed by atoms with Crippen molar-refractivity contribution in [2.24, 2.45) is 0 Å². The SMILES string of the molecule is CNC1CN(c2cc(NCc3ccccc3Cl)ncn2)C1. The van der Waals surface area contributed by atoms with Crippen LogP contribution < -0.4 is 15.5 Å². The quantitative estimate of drug-likeness (QED) is 0.886. The monoisotopic (exact) mass is 303 g/mol. The van der Waals surface area contributed by atoms with Crippen molar-refractivity contribution in [3.8, 4) is 0 Å². The van der Waals surface area contributed by atoms with Crippen molar-refractivity contribution in [3.05, 3.63) is 47.2 Å². The van der Waals surface area contributed by atoms with Gasteiger partial charge >= 0.3 is 0 Å². The molecule has 1 aliphatic heterocycles. The van der Waals surface area contributed by atoms with Crippen LogP contribution in [0.2, 0.25) is 5.02 Å². The summed E-state index contributed by atoms with van der Waals surface area (Å²) in [6.07, 6.45) is 1.59. The fourth-order valence-corrected chi connectivity index (χ4v) is 2.49. The molecule has 1 saturated heterocycles. The predicted molar refractivity (Wildman–Crippen MR) is 85.9 cm³/mol. The van der Waals surface area contributed by atoms with Gasteiger partial charge in [0, 0.05) is 36.8 Å². The van der Waals surface area contributed by atoms with E-state index in [9.17, 15) is 0 Å². The summed E-state index contributed by atoms with van der Waals surface area (Å²) in [5.74, 6) is 1.77. The number of halogens is 1. The van der Waals surface area contributed by atoms with Gasteiger partial charge in [0.2, 0.25) is 0 Å². The van der Waals surface area contributed by atoms with Crippen LogP contribution in [-0.4, -0.2) is 36.1 Å². The van der Waals surface area contributed by atoms with Crippen molar-refractivity contribution < 1.29 is 0 Å². The smallest absolute Gasteiger partial charge is 0.134 e. The highest BCUT2D eigenvalue weighted by Crippen LogP contribution is 2.21. The number of hydrogen-bond donors (Lipinski definition) is 2. The lowest BCUT2D eigenvalue weighted by Gasteiger charge is -2.39. The number of aromatic nitrogens is 2. The van der Waals surface area contributed by atoms with Crippen molar-refractivity contribution >= 4 is 23.2 Å². The van der Waals surface area contributed by atoms with E-state index in [0.717, 1.165) is 35.3 Å². The second kappa shape index (κ2) is 6.28. The molecule has 2 N–H and O–H groups in total. The van der Waals surface area contributed by atoms with E-state index in [-0.39, 0.29) is 0 Å². The Labute approximate surface area is 129 Å². The first kappa shape index (κ1) is 14.1. The fraction of sp³-hybridized carbons (Fsp3) is 0.333. The number of nitrogens with one attached hydrogen (secondary N) is 2. The van der Waals surface area contributed by atoms with E-state index in [2.05, 4.69) is 25.5 Å². The van der Waals surface area contributed by atoms with E-state index < -0.39 is 0 Å². The summed E-state index contributed by atoms with van der Waals surface area (Å²) in [4.78, 5) is 10.8. The van der Waals surface area contributed by atoms with Gasteiger partial charge in [-0.05, 0) is 18.7 Å². The molecule has 5 nitrogen and oxygen atoms in total. The van der Waals surface area contributed by atoms with Crippen molar-refractivity contribution in [3.63, 3.8) is 0 Å². The minimum Gasteiger partial charge on any atom is -0.366 e. The number of benzene rings is 1. The lowest BCUT2D eigenvalue weighted by molar-refractivity contribution is 0.447. The predicted octanol–water partition coefficient (Wildman–Crippen LogP) is 2.15. The lowest BCUT2D eigenvalue weighted by atomic mass is 10.1. The third kappa shape index (κ3) is 3.25. The van der Waals surface area contributed by atoms with Crippen molar-refractivity contribution in [1.82, 2.24) is 15.3 Å². The van der Waals surface area contributed by atoms with Crippen LogP contribution in [0.25, 0.3) is 0 Å². The summed E-state index contributed by atoms with van der Waals surface area (Å²) < 4.78 is 0. The zero-order chi connectivity index (χ0) is 14.7. The molecule has 0 spiro atoms. The van der Waals surface area contributed by atoms with E-state index in [4.69, 9.17) is 11.6 Å². The highest BCUT2D eigenvalue weighted by Gasteiger charge is 2.26. The van der Waals surface area contributed by atoms with E-state index in [1.54, 1.807) is 6.33 Å². The van der Waals surface area contributed by atoms with Gasteiger partial charge in [-0.1, -0.05) is 29.8 Å². The van der Waals surface area contributed by atoms with Crippen LogP contribution in [0.5, 0.6) is 0 Å². The Morgan fingerprint density at radius 1 is 1.29 bits per heavy atom. The normalized spacial score (nSPS) is 14.9. The molecule has 1 aliphatic rings. The molecule has 6 heteroatoms. The molecule has 0 unspecified atom stereocenters. The topological polar surface area (TPSA) is 53.1 Å². The maximum atomic E-state index is 6.15. The zero-order valence-corrected chi connectivity index (χ0v) is 12.6. The number of hydrogen-bond acceptors (Lipinski definition) is 5. The van der Waals surface area contributed by atoms with Gasteiger partial charge in [-0.2, -0.15) is 0 Å². The van der Waals surface area contributed by atoms with Crippen LogP contribution >= 0.6 is 11.6 Å². The Hall–Kier alpha value is -1.85. The molecule has 1 aromatic carbocycles. The summed E-state index contributed by atoms with van der Waals surface area (Å²) in [6, 6.07) is 10.3. The molecule has 3 rings (SSSR count). The Morgan fingerprint density at radius 3 is 2.86 bits per heavy atom. The molecular weight excluding hydrogens is 286 g/mol. The third-order valence-electron chi connectivity index (χ3n) is 3.68. The Kier molecular flexibility index (Phi) is 4.22. The summed E-state index contributed by atoms with van der Waals surface area (Å²) in [7, 11) is 1.98. The second-order valence-electron chi connectivity index (χ2n) is 5.10. The van der Waals surface area contributed by atoms with Crippen LogP contribution in [-0.2, 0) is 6.54 Å². The van der Waals surface area contributed by atoms with Gasteiger partial charge in [-0.25, -0.2) is 9.97 Å². The Morgan fingerprint density at radius 2 is 2.10 bits per heavy atom. The zero-order valence-electron chi connectivity index (χ0n) is 11.9. The molecular formula is C15H18ClN5. The van der Waals surface area contributed by atoms with E-state index >= 15 is 0 Å². The standard InChI is InChI=1S/C15H18ClN5/c1-17-12-8-21(9-12)15-6-14(19-10-20-15)18-7-11-4-2-3-5-13(11)16/h2-6,10,12,17H,7-9H2,1H3,(H,18,19,20). The molecule has 0 aliphatic carbocycles. The summed E-state index contributed by atoms with van der Waals surface area (Å²) >= 11 is 6.15. The molecule has 1 aromatic heterocycles. The van der Waals surface area contributed by atoms with Gasteiger partial charge < -0.3 is 15.5 Å². The average Bonchev–Trinajstić information content (AvgIpc) is 2.46. The molecule has 0 amide bonds. The van der Waals surface area contributed by atoms with Gasteiger partial charge in [-0.3, -0.25) is 0 Å². The number of anilines is 2. The van der Waals surface area contributed by atoms with Crippen molar-refractivity contribution in [2.45, 2.75) is 12.6 Å².